The van der Waals surface area contributed by atoms with E-state index in [9.17, 15) is 0 Å². The molecule has 0 saturated heterocycles. The van der Waals surface area contributed by atoms with E-state index in [0.29, 0.717) is 5.92 Å². The Hall–Kier alpha value is -1.26. The Morgan fingerprint density at radius 2 is 2.00 bits per heavy atom. The standard InChI is InChI=1S/C15H21N3S/c1-12(14-7-5-4-6-8-14)9-10-18(3)11-15-13(2)16-17-19-15/h4-8,12H,9-11H2,1-3H3/t12-/m0/s1. The van der Waals surface area contributed by atoms with Gasteiger partial charge in [0, 0.05) is 6.54 Å². The zero-order valence-electron chi connectivity index (χ0n) is 11.8. The summed E-state index contributed by atoms with van der Waals surface area (Å²) in [5.74, 6) is 0.601. The number of nitrogens with zero attached hydrogens (tertiary/aromatic N) is 3. The van der Waals surface area contributed by atoms with Crippen LogP contribution in [0.15, 0.2) is 30.3 Å². The van der Waals surface area contributed by atoms with Gasteiger partial charge in [0.05, 0.1) is 10.6 Å². The summed E-state index contributed by atoms with van der Waals surface area (Å²) in [7, 11) is 2.16. The van der Waals surface area contributed by atoms with E-state index in [1.54, 1.807) is 0 Å². The summed E-state index contributed by atoms with van der Waals surface area (Å²) in [5, 5.41) is 4.05. The molecule has 0 aliphatic heterocycles. The van der Waals surface area contributed by atoms with Crippen molar-refractivity contribution in [2.45, 2.75) is 32.7 Å². The highest BCUT2D eigenvalue weighted by atomic mass is 32.1. The van der Waals surface area contributed by atoms with Crippen LogP contribution in [0.1, 0.15) is 35.4 Å². The fraction of sp³-hybridized carbons (Fsp3) is 0.467. The van der Waals surface area contributed by atoms with Crippen LogP contribution in [-0.4, -0.2) is 28.1 Å². The highest BCUT2D eigenvalue weighted by Gasteiger charge is 2.09. The minimum Gasteiger partial charge on any atom is -0.301 e. The van der Waals surface area contributed by atoms with Gasteiger partial charge in [0.25, 0.3) is 0 Å². The largest absolute Gasteiger partial charge is 0.301 e. The molecule has 102 valence electrons. The molecule has 0 N–H and O–H groups in total. The van der Waals surface area contributed by atoms with Gasteiger partial charge in [0.15, 0.2) is 0 Å². The number of benzene rings is 1. The third-order valence-corrected chi connectivity index (χ3v) is 4.28. The second kappa shape index (κ2) is 6.78. The lowest BCUT2D eigenvalue weighted by Gasteiger charge is -2.19. The van der Waals surface area contributed by atoms with Crippen LogP contribution in [0.5, 0.6) is 0 Å². The van der Waals surface area contributed by atoms with E-state index >= 15 is 0 Å². The van der Waals surface area contributed by atoms with Gasteiger partial charge in [-0.15, -0.1) is 5.10 Å². The van der Waals surface area contributed by atoms with E-state index in [2.05, 4.69) is 58.8 Å². The predicted octanol–water partition coefficient (Wildman–Crippen LogP) is 3.47. The number of hydrogen-bond acceptors (Lipinski definition) is 4. The van der Waals surface area contributed by atoms with Crippen molar-refractivity contribution in [3.63, 3.8) is 0 Å². The van der Waals surface area contributed by atoms with Gasteiger partial charge in [0.2, 0.25) is 0 Å². The van der Waals surface area contributed by atoms with Crippen molar-refractivity contribution in [3.05, 3.63) is 46.5 Å². The van der Waals surface area contributed by atoms with Crippen LogP contribution in [0, 0.1) is 6.92 Å². The first-order valence-corrected chi connectivity index (χ1v) is 7.45. The van der Waals surface area contributed by atoms with Gasteiger partial charge in [-0.1, -0.05) is 41.7 Å². The van der Waals surface area contributed by atoms with E-state index < -0.39 is 0 Å². The van der Waals surface area contributed by atoms with Crippen molar-refractivity contribution in [2.75, 3.05) is 13.6 Å². The first-order chi connectivity index (χ1) is 9.16. The number of hydrogen-bond donors (Lipinski definition) is 0. The fourth-order valence-electron chi connectivity index (χ4n) is 2.08. The molecule has 2 rings (SSSR count). The molecule has 19 heavy (non-hydrogen) atoms. The minimum atomic E-state index is 0.601. The first kappa shape index (κ1) is 14.2. The molecule has 0 saturated carbocycles. The van der Waals surface area contributed by atoms with Crippen molar-refractivity contribution in [2.24, 2.45) is 0 Å². The molecule has 0 spiro atoms. The third kappa shape index (κ3) is 4.11. The Morgan fingerprint density at radius 1 is 1.26 bits per heavy atom. The quantitative estimate of drug-likeness (QED) is 0.808. The maximum Gasteiger partial charge on any atom is 0.0769 e. The molecule has 0 aliphatic carbocycles. The Bertz CT molecular complexity index is 495. The van der Waals surface area contributed by atoms with Crippen LogP contribution in [0.4, 0.5) is 0 Å². The molecule has 1 heterocycles. The van der Waals surface area contributed by atoms with Crippen molar-refractivity contribution in [1.29, 1.82) is 0 Å². The second-order valence-corrected chi connectivity index (χ2v) is 5.96. The lowest BCUT2D eigenvalue weighted by atomic mass is 9.98. The van der Waals surface area contributed by atoms with Crippen LogP contribution < -0.4 is 0 Å². The molecule has 1 aromatic heterocycles. The monoisotopic (exact) mass is 275 g/mol. The Labute approximate surface area is 119 Å². The average Bonchev–Trinajstić information content (AvgIpc) is 2.82. The van der Waals surface area contributed by atoms with E-state index in [0.717, 1.165) is 18.8 Å². The van der Waals surface area contributed by atoms with Crippen LogP contribution in [-0.2, 0) is 6.54 Å². The predicted molar refractivity (Wildman–Crippen MR) is 80.5 cm³/mol. The Morgan fingerprint density at radius 3 is 2.63 bits per heavy atom. The van der Waals surface area contributed by atoms with Gasteiger partial charge in [-0.25, -0.2) is 0 Å². The summed E-state index contributed by atoms with van der Waals surface area (Å²) >= 11 is 1.51. The SMILES string of the molecule is Cc1nnsc1CN(C)CC[C@H](C)c1ccccc1. The second-order valence-electron chi connectivity index (χ2n) is 5.12. The van der Waals surface area contributed by atoms with Gasteiger partial charge in [-0.05, 0) is 50.0 Å². The van der Waals surface area contributed by atoms with Crippen molar-refractivity contribution in [3.8, 4) is 0 Å². The summed E-state index contributed by atoms with van der Waals surface area (Å²) in [6, 6.07) is 10.7. The maximum absolute atomic E-state index is 4.05. The first-order valence-electron chi connectivity index (χ1n) is 6.68. The molecule has 0 radical (unpaired) electrons. The smallest absolute Gasteiger partial charge is 0.0769 e. The Balaban J connectivity index is 1.81. The molecule has 0 aliphatic rings. The lowest BCUT2D eigenvalue weighted by molar-refractivity contribution is 0.315. The molecule has 0 fully saturated rings. The molecule has 0 unspecified atom stereocenters. The van der Waals surface area contributed by atoms with E-state index in [1.807, 2.05) is 6.92 Å². The summed E-state index contributed by atoms with van der Waals surface area (Å²) < 4.78 is 3.98. The van der Waals surface area contributed by atoms with Gasteiger partial charge in [-0.2, -0.15) is 0 Å². The highest BCUT2D eigenvalue weighted by Crippen LogP contribution is 2.19. The minimum absolute atomic E-state index is 0.601. The summed E-state index contributed by atoms with van der Waals surface area (Å²) in [6.07, 6.45) is 1.17. The Kier molecular flexibility index (Phi) is 5.05. The fourth-order valence-corrected chi connectivity index (χ4v) is 2.80. The van der Waals surface area contributed by atoms with Crippen molar-refractivity contribution < 1.29 is 0 Å². The zero-order valence-corrected chi connectivity index (χ0v) is 12.7. The average molecular weight is 275 g/mol. The lowest BCUT2D eigenvalue weighted by Crippen LogP contribution is -2.20. The van der Waals surface area contributed by atoms with Crippen molar-refractivity contribution in [1.82, 2.24) is 14.5 Å². The zero-order chi connectivity index (χ0) is 13.7. The molecule has 0 bridgehead atoms. The molecule has 1 atom stereocenters. The van der Waals surface area contributed by atoms with Crippen molar-refractivity contribution >= 4 is 11.5 Å². The highest BCUT2D eigenvalue weighted by molar-refractivity contribution is 7.05. The van der Waals surface area contributed by atoms with Crippen LogP contribution >= 0.6 is 11.5 Å². The molecule has 1 aromatic carbocycles. The summed E-state index contributed by atoms with van der Waals surface area (Å²) in [6.45, 7) is 6.36. The molecule has 0 amide bonds. The van der Waals surface area contributed by atoms with Gasteiger partial charge < -0.3 is 4.90 Å². The summed E-state index contributed by atoms with van der Waals surface area (Å²) in [4.78, 5) is 3.62. The summed E-state index contributed by atoms with van der Waals surface area (Å²) in [5.41, 5.74) is 2.49. The van der Waals surface area contributed by atoms with E-state index in [1.165, 1.54) is 28.4 Å². The van der Waals surface area contributed by atoms with Gasteiger partial charge in [-0.3, -0.25) is 0 Å². The van der Waals surface area contributed by atoms with Gasteiger partial charge >= 0.3 is 0 Å². The molecule has 3 nitrogen and oxygen atoms in total. The molecule has 4 heteroatoms. The normalized spacial score (nSPS) is 12.8. The molecule has 2 aromatic rings. The van der Waals surface area contributed by atoms with Crippen LogP contribution in [0.2, 0.25) is 0 Å². The number of aromatic nitrogens is 2. The molecular weight excluding hydrogens is 254 g/mol. The van der Waals surface area contributed by atoms with Crippen LogP contribution in [0.3, 0.4) is 0 Å². The van der Waals surface area contributed by atoms with Crippen LogP contribution in [0.25, 0.3) is 0 Å². The van der Waals surface area contributed by atoms with E-state index in [-0.39, 0.29) is 0 Å². The topological polar surface area (TPSA) is 29.0 Å². The molecular formula is C15H21N3S. The van der Waals surface area contributed by atoms with E-state index in [4.69, 9.17) is 0 Å². The number of aryl methyl sites for hydroxylation is 1. The maximum atomic E-state index is 4.05. The third-order valence-electron chi connectivity index (χ3n) is 3.47. The number of rotatable bonds is 6. The van der Waals surface area contributed by atoms with Gasteiger partial charge in [0.1, 0.15) is 0 Å².